The molecule has 0 saturated carbocycles. The van der Waals surface area contributed by atoms with E-state index in [-0.39, 0.29) is 5.54 Å². The Hall–Kier alpha value is -0.690. The molecule has 6 heteroatoms. The van der Waals surface area contributed by atoms with Gasteiger partial charge in [0.05, 0.1) is 0 Å². The molecule has 2 N–H and O–H groups in total. The fourth-order valence-corrected chi connectivity index (χ4v) is 4.32. The third-order valence-electron chi connectivity index (χ3n) is 5.11. The maximum Gasteiger partial charge on any atom is 0.185 e. The van der Waals surface area contributed by atoms with Crippen molar-refractivity contribution in [1.82, 2.24) is 14.8 Å². The summed E-state index contributed by atoms with van der Waals surface area (Å²) in [6, 6.07) is 0.620. The predicted octanol–water partition coefficient (Wildman–Crippen LogP) is 1.08. The van der Waals surface area contributed by atoms with Crippen LogP contribution in [0.5, 0.6) is 0 Å². The molecule has 1 unspecified atom stereocenters. The fraction of sp³-hybridized carbons (Fsp3) is 0.800. The van der Waals surface area contributed by atoms with Crippen LogP contribution in [-0.2, 0) is 0 Å². The number of hydrogen-bond acceptors (Lipinski definition) is 6. The smallest absolute Gasteiger partial charge is 0.185 e. The molecule has 3 heterocycles. The van der Waals surface area contributed by atoms with Gasteiger partial charge in [-0.1, -0.05) is 0 Å². The zero-order valence-corrected chi connectivity index (χ0v) is 14.0. The molecule has 0 radical (unpaired) electrons. The first-order valence-corrected chi connectivity index (χ1v) is 8.86. The van der Waals surface area contributed by atoms with Crippen LogP contribution >= 0.6 is 11.3 Å². The summed E-state index contributed by atoms with van der Waals surface area (Å²) in [4.78, 5) is 12.0. The molecule has 1 aromatic heterocycles. The first-order chi connectivity index (χ1) is 10.1. The molecule has 118 valence electrons. The van der Waals surface area contributed by atoms with Gasteiger partial charge in [-0.15, -0.1) is 11.3 Å². The summed E-state index contributed by atoms with van der Waals surface area (Å²) < 4.78 is 0. The second kappa shape index (κ2) is 6.20. The number of hydrogen-bond donors (Lipinski definition) is 1. The minimum absolute atomic E-state index is 0.194. The van der Waals surface area contributed by atoms with E-state index in [2.05, 4.69) is 38.9 Å². The van der Waals surface area contributed by atoms with Gasteiger partial charge in [-0.25, -0.2) is 4.98 Å². The Morgan fingerprint density at radius 3 is 2.57 bits per heavy atom. The van der Waals surface area contributed by atoms with Gasteiger partial charge in [-0.2, -0.15) is 0 Å². The van der Waals surface area contributed by atoms with Crippen LogP contribution in [0.2, 0.25) is 0 Å². The first-order valence-electron chi connectivity index (χ1n) is 7.98. The highest BCUT2D eigenvalue weighted by Gasteiger charge is 2.43. The number of likely N-dealkylation sites (tertiary alicyclic amines) is 1. The van der Waals surface area contributed by atoms with Crippen molar-refractivity contribution in [1.29, 1.82) is 0 Å². The number of anilines is 1. The van der Waals surface area contributed by atoms with Crippen LogP contribution in [0.4, 0.5) is 5.13 Å². The van der Waals surface area contributed by atoms with E-state index in [1.165, 1.54) is 13.0 Å². The summed E-state index contributed by atoms with van der Waals surface area (Å²) in [6.45, 7) is 12.0. The van der Waals surface area contributed by atoms with Crippen molar-refractivity contribution in [2.45, 2.75) is 31.8 Å². The van der Waals surface area contributed by atoms with Crippen LogP contribution in [0.15, 0.2) is 11.6 Å². The molecule has 3 rings (SSSR count). The Morgan fingerprint density at radius 1 is 1.29 bits per heavy atom. The minimum atomic E-state index is 0.194. The molecular weight excluding hydrogens is 282 g/mol. The van der Waals surface area contributed by atoms with Crippen LogP contribution < -0.4 is 10.6 Å². The lowest BCUT2D eigenvalue weighted by Crippen LogP contribution is -2.61. The summed E-state index contributed by atoms with van der Waals surface area (Å²) in [6.07, 6.45) is 3.10. The van der Waals surface area contributed by atoms with E-state index >= 15 is 0 Å². The van der Waals surface area contributed by atoms with Crippen molar-refractivity contribution in [2.24, 2.45) is 5.73 Å². The molecule has 0 spiro atoms. The molecule has 2 aliphatic rings. The van der Waals surface area contributed by atoms with Crippen molar-refractivity contribution in [2.75, 3.05) is 50.7 Å². The zero-order chi connectivity index (χ0) is 14.9. The van der Waals surface area contributed by atoms with Crippen LogP contribution in [0.25, 0.3) is 0 Å². The summed E-state index contributed by atoms with van der Waals surface area (Å²) >= 11 is 1.74. The summed E-state index contributed by atoms with van der Waals surface area (Å²) in [5.41, 5.74) is 6.39. The number of rotatable bonds is 4. The predicted molar refractivity (Wildman–Crippen MR) is 89.0 cm³/mol. The van der Waals surface area contributed by atoms with Gasteiger partial charge in [0.25, 0.3) is 0 Å². The van der Waals surface area contributed by atoms with Crippen molar-refractivity contribution >= 4 is 16.5 Å². The highest BCUT2D eigenvalue weighted by Crippen LogP contribution is 2.30. The van der Waals surface area contributed by atoms with E-state index in [0.717, 1.165) is 44.4 Å². The van der Waals surface area contributed by atoms with E-state index in [1.54, 1.807) is 11.3 Å². The lowest BCUT2D eigenvalue weighted by atomic mass is 9.95. The summed E-state index contributed by atoms with van der Waals surface area (Å²) in [7, 11) is 0. The topological polar surface area (TPSA) is 48.6 Å². The van der Waals surface area contributed by atoms with Crippen molar-refractivity contribution < 1.29 is 0 Å². The Morgan fingerprint density at radius 2 is 2.05 bits per heavy atom. The van der Waals surface area contributed by atoms with Gasteiger partial charge in [0.15, 0.2) is 5.13 Å². The van der Waals surface area contributed by atoms with Crippen molar-refractivity contribution in [3.05, 3.63) is 11.6 Å². The molecule has 1 atom stereocenters. The Labute approximate surface area is 131 Å². The Bertz CT molecular complexity index is 441. The van der Waals surface area contributed by atoms with Gasteiger partial charge < -0.3 is 10.6 Å². The van der Waals surface area contributed by atoms with Gasteiger partial charge in [-0.3, -0.25) is 9.80 Å². The maximum atomic E-state index is 6.20. The zero-order valence-electron chi connectivity index (χ0n) is 13.2. The van der Waals surface area contributed by atoms with Gasteiger partial charge in [-0.05, 0) is 20.3 Å². The van der Waals surface area contributed by atoms with Crippen LogP contribution in [-0.4, -0.2) is 72.2 Å². The maximum absolute atomic E-state index is 6.20. The monoisotopic (exact) mass is 309 g/mol. The lowest BCUT2D eigenvalue weighted by Gasteiger charge is -2.45. The third kappa shape index (κ3) is 2.95. The average molecular weight is 309 g/mol. The molecule has 2 saturated heterocycles. The van der Waals surface area contributed by atoms with Crippen molar-refractivity contribution in [3.63, 3.8) is 0 Å². The molecule has 21 heavy (non-hydrogen) atoms. The van der Waals surface area contributed by atoms with E-state index in [0.29, 0.717) is 6.04 Å². The first kappa shape index (κ1) is 15.2. The quantitative estimate of drug-likeness (QED) is 0.902. The molecule has 2 fully saturated rings. The minimum Gasteiger partial charge on any atom is -0.346 e. The molecular formula is C15H27N5S. The normalized spacial score (nSPS) is 28.7. The van der Waals surface area contributed by atoms with Gasteiger partial charge in [0.1, 0.15) is 0 Å². The summed E-state index contributed by atoms with van der Waals surface area (Å²) in [5.74, 6) is 0. The second-order valence-electron chi connectivity index (χ2n) is 6.53. The SMILES string of the molecule is CC(C)N1CCC(CN)(N2CCN(c3nccs3)CC2)C1. The number of piperazine rings is 1. The second-order valence-corrected chi connectivity index (χ2v) is 7.40. The Balaban J connectivity index is 1.62. The molecule has 0 amide bonds. The molecule has 2 aliphatic heterocycles. The standard InChI is InChI=1S/C15H27N5S/c1-13(2)19-5-3-15(11-16,12-19)20-8-6-18(7-9-20)14-17-4-10-21-14/h4,10,13H,3,5-9,11-12,16H2,1-2H3. The van der Waals surface area contributed by atoms with E-state index in [1.807, 2.05) is 6.20 Å². The highest BCUT2D eigenvalue weighted by atomic mass is 32.1. The van der Waals surface area contributed by atoms with Crippen LogP contribution in [0, 0.1) is 0 Å². The van der Waals surface area contributed by atoms with Gasteiger partial charge in [0.2, 0.25) is 0 Å². The number of nitrogens with zero attached hydrogens (tertiary/aromatic N) is 4. The fourth-order valence-electron chi connectivity index (χ4n) is 3.63. The molecule has 0 bridgehead atoms. The molecule has 0 aromatic carbocycles. The number of thiazole rings is 1. The average Bonchev–Trinajstić information content (AvgIpc) is 3.18. The lowest BCUT2D eigenvalue weighted by molar-refractivity contribution is 0.0876. The van der Waals surface area contributed by atoms with E-state index in [9.17, 15) is 0 Å². The molecule has 0 aliphatic carbocycles. The summed E-state index contributed by atoms with van der Waals surface area (Å²) in [5, 5.41) is 3.22. The van der Waals surface area contributed by atoms with Gasteiger partial charge in [0, 0.05) is 69.0 Å². The van der Waals surface area contributed by atoms with E-state index < -0.39 is 0 Å². The Kier molecular flexibility index (Phi) is 4.49. The molecule has 5 nitrogen and oxygen atoms in total. The largest absolute Gasteiger partial charge is 0.346 e. The van der Waals surface area contributed by atoms with Crippen LogP contribution in [0.1, 0.15) is 20.3 Å². The highest BCUT2D eigenvalue weighted by molar-refractivity contribution is 7.13. The van der Waals surface area contributed by atoms with Gasteiger partial charge >= 0.3 is 0 Å². The van der Waals surface area contributed by atoms with E-state index in [4.69, 9.17) is 5.73 Å². The number of nitrogens with two attached hydrogens (primary N) is 1. The van der Waals surface area contributed by atoms with Crippen molar-refractivity contribution in [3.8, 4) is 0 Å². The molecule has 1 aromatic rings. The van der Waals surface area contributed by atoms with Crippen LogP contribution in [0.3, 0.4) is 0 Å². The third-order valence-corrected chi connectivity index (χ3v) is 5.94. The number of aromatic nitrogens is 1.